The van der Waals surface area contributed by atoms with Gasteiger partial charge in [-0.3, -0.25) is 18.6 Å². The number of unbranched alkanes of at least 4 members (excludes halogenated alkanes) is 34. The first-order chi connectivity index (χ1) is 31.8. The van der Waals surface area contributed by atoms with Crippen molar-refractivity contribution in [1.29, 1.82) is 0 Å². The molecular weight excluding hydrogens is 840 g/mol. The van der Waals surface area contributed by atoms with E-state index in [2.05, 4.69) is 38.2 Å². The number of rotatable bonds is 52. The van der Waals surface area contributed by atoms with Crippen molar-refractivity contribution in [3.8, 4) is 0 Å². The predicted molar refractivity (Wildman–Crippen MR) is 270 cm³/mol. The summed E-state index contributed by atoms with van der Waals surface area (Å²) >= 11 is 0. The Morgan fingerprint density at radius 3 is 0.877 bits per heavy atom. The number of esters is 2. The molecule has 10 nitrogen and oxygen atoms in total. The Morgan fingerprint density at radius 2 is 0.631 bits per heavy atom. The molecule has 11 heteroatoms. The Kier molecular flexibility index (Phi) is 49.1. The quantitative estimate of drug-likeness (QED) is 0.0233. The molecule has 0 saturated heterocycles. The van der Waals surface area contributed by atoms with Crippen LogP contribution in [0.1, 0.15) is 271 Å². The van der Waals surface area contributed by atoms with Gasteiger partial charge in [-0.15, -0.1) is 0 Å². The van der Waals surface area contributed by atoms with Gasteiger partial charge in [0.2, 0.25) is 0 Å². The zero-order chi connectivity index (χ0) is 47.6. The fourth-order valence-electron chi connectivity index (χ4n) is 7.93. The SMILES string of the molecule is CCCCCCCCCC/C=C\CCCCCCCCCCCC(=O)OC(CO)COP(=O)(O)OCC(CO)OC(=O)CCCCCCCCCCC/C=C\CCCCCCCCCC. The Labute approximate surface area is 399 Å². The van der Waals surface area contributed by atoms with Crippen molar-refractivity contribution >= 4 is 19.8 Å². The molecule has 0 aliphatic rings. The second-order valence-electron chi connectivity index (χ2n) is 18.6. The van der Waals surface area contributed by atoms with Crippen LogP contribution in [0.4, 0.5) is 0 Å². The van der Waals surface area contributed by atoms with E-state index in [1.165, 1.54) is 193 Å². The zero-order valence-corrected chi connectivity index (χ0v) is 43.1. The lowest BCUT2D eigenvalue weighted by Crippen LogP contribution is -2.28. The third kappa shape index (κ3) is 48.7. The van der Waals surface area contributed by atoms with Gasteiger partial charge in [-0.05, 0) is 64.2 Å². The van der Waals surface area contributed by atoms with Crippen LogP contribution in [0.25, 0.3) is 0 Å². The summed E-state index contributed by atoms with van der Waals surface area (Å²) in [5.41, 5.74) is 0. The van der Waals surface area contributed by atoms with E-state index < -0.39 is 58.4 Å². The van der Waals surface area contributed by atoms with Crippen molar-refractivity contribution in [1.82, 2.24) is 0 Å². The highest BCUT2D eigenvalue weighted by molar-refractivity contribution is 7.47. The Balaban J connectivity index is 3.80. The molecule has 0 saturated carbocycles. The molecule has 0 spiro atoms. The second kappa shape index (κ2) is 50.3. The number of phosphoric ester groups is 1. The summed E-state index contributed by atoms with van der Waals surface area (Å²) in [4.78, 5) is 34.7. The van der Waals surface area contributed by atoms with Gasteiger partial charge in [0.05, 0.1) is 26.4 Å². The van der Waals surface area contributed by atoms with E-state index in [0.717, 1.165) is 38.5 Å². The Bertz CT molecular complexity index is 1050. The highest BCUT2D eigenvalue weighted by atomic mass is 31.2. The normalized spacial score (nSPS) is 13.7. The summed E-state index contributed by atoms with van der Waals surface area (Å²) in [5.74, 6) is -1.01. The van der Waals surface area contributed by atoms with E-state index in [0.29, 0.717) is 12.8 Å². The highest BCUT2D eigenvalue weighted by Crippen LogP contribution is 2.43. The lowest BCUT2D eigenvalue weighted by Gasteiger charge is -2.20. The van der Waals surface area contributed by atoms with Crippen LogP contribution in [0.15, 0.2) is 24.3 Å². The van der Waals surface area contributed by atoms with Crippen LogP contribution in [-0.2, 0) is 32.7 Å². The monoisotopic (exact) mass is 943 g/mol. The van der Waals surface area contributed by atoms with Gasteiger partial charge in [-0.1, -0.05) is 218 Å². The number of ether oxygens (including phenoxy) is 2. The van der Waals surface area contributed by atoms with E-state index in [1.807, 2.05) is 0 Å². The third-order valence-electron chi connectivity index (χ3n) is 12.1. The fourth-order valence-corrected chi connectivity index (χ4v) is 8.71. The number of phosphoric acid groups is 1. The predicted octanol–water partition coefficient (Wildman–Crippen LogP) is 15.7. The zero-order valence-electron chi connectivity index (χ0n) is 42.2. The maximum absolute atomic E-state index is 12.4. The summed E-state index contributed by atoms with van der Waals surface area (Å²) in [6.45, 7) is 2.26. The molecule has 0 rings (SSSR count). The number of allylic oxidation sites excluding steroid dienone is 4. The molecule has 2 atom stereocenters. The van der Waals surface area contributed by atoms with Crippen LogP contribution in [0.2, 0.25) is 0 Å². The van der Waals surface area contributed by atoms with Gasteiger partial charge in [0.25, 0.3) is 0 Å². The molecule has 0 aromatic rings. The molecular formula is C54H103O10P. The van der Waals surface area contributed by atoms with E-state index in [4.69, 9.17) is 18.5 Å². The molecule has 0 amide bonds. The number of carbonyl (C=O) groups is 2. The van der Waals surface area contributed by atoms with Crippen molar-refractivity contribution in [3.05, 3.63) is 24.3 Å². The molecule has 2 unspecified atom stereocenters. The van der Waals surface area contributed by atoms with Gasteiger partial charge in [-0.2, -0.15) is 0 Å². The van der Waals surface area contributed by atoms with Crippen LogP contribution in [0.5, 0.6) is 0 Å². The standard InChI is InChI=1S/C54H103O10P/c1-3-5-7-9-11-13-15-17-19-21-23-25-27-29-31-33-35-37-39-41-43-45-53(57)63-51(47-55)49-61-65(59,60)62-50-52(48-56)64-54(58)46-44-42-40-38-36-34-32-30-28-26-24-22-20-18-16-14-12-10-8-6-4-2/h21-24,51-52,55-56H,3-20,25-50H2,1-2H3,(H,59,60)/b23-21-,24-22-. The van der Waals surface area contributed by atoms with Gasteiger partial charge in [0.1, 0.15) is 12.2 Å². The largest absolute Gasteiger partial charge is 0.472 e. The van der Waals surface area contributed by atoms with Gasteiger partial charge in [-0.25, -0.2) is 4.57 Å². The van der Waals surface area contributed by atoms with Crippen LogP contribution < -0.4 is 0 Å². The Hall–Kier alpha value is -1.55. The second-order valence-corrected chi connectivity index (χ2v) is 20.0. The molecule has 0 aliphatic carbocycles. The lowest BCUT2D eigenvalue weighted by atomic mass is 10.1. The number of carbonyl (C=O) groups excluding carboxylic acids is 2. The average Bonchev–Trinajstić information content (AvgIpc) is 3.30. The molecule has 0 fully saturated rings. The van der Waals surface area contributed by atoms with Crippen molar-refractivity contribution in [2.45, 2.75) is 283 Å². The van der Waals surface area contributed by atoms with E-state index in [1.54, 1.807) is 0 Å². The van der Waals surface area contributed by atoms with Gasteiger partial charge in [0.15, 0.2) is 0 Å². The summed E-state index contributed by atoms with van der Waals surface area (Å²) in [5, 5.41) is 19.3. The van der Waals surface area contributed by atoms with E-state index in [-0.39, 0.29) is 12.8 Å². The minimum atomic E-state index is -4.64. The van der Waals surface area contributed by atoms with Crippen LogP contribution in [-0.4, -0.2) is 65.7 Å². The molecule has 0 aromatic carbocycles. The van der Waals surface area contributed by atoms with Crippen molar-refractivity contribution in [2.24, 2.45) is 0 Å². The van der Waals surface area contributed by atoms with E-state index in [9.17, 15) is 29.3 Å². The number of aliphatic hydroxyl groups excluding tert-OH is 2. The van der Waals surface area contributed by atoms with Crippen LogP contribution in [0, 0.1) is 0 Å². The molecule has 384 valence electrons. The molecule has 0 heterocycles. The lowest BCUT2D eigenvalue weighted by molar-refractivity contribution is -0.153. The smallest absolute Gasteiger partial charge is 0.457 e. The van der Waals surface area contributed by atoms with Gasteiger partial charge in [0, 0.05) is 12.8 Å². The number of hydrogen-bond acceptors (Lipinski definition) is 9. The summed E-state index contributed by atoms with van der Waals surface area (Å²) in [6.07, 6.45) is 54.4. The molecule has 65 heavy (non-hydrogen) atoms. The molecule has 0 radical (unpaired) electrons. The molecule has 0 bridgehead atoms. The van der Waals surface area contributed by atoms with Gasteiger partial charge >= 0.3 is 19.8 Å². The summed E-state index contributed by atoms with van der Waals surface area (Å²) in [7, 11) is -4.64. The minimum absolute atomic E-state index is 0.192. The summed E-state index contributed by atoms with van der Waals surface area (Å²) < 4.78 is 32.8. The van der Waals surface area contributed by atoms with Crippen molar-refractivity contribution in [3.63, 3.8) is 0 Å². The van der Waals surface area contributed by atoms with Crippen LogP contribution >= 0.6 is 7.82 Å². The van der Waals surface area contributed by atoms with Crippen molar-refractivity contribution < 1.29 is 47.8 Å². The van der Waals surface area contributed by atoms with E-state index >= 15 is 0 Å². The number of hydrogen-bond donors (Lipinski definition) is 3. The highest BCUT2D eigenvalue weighted by Gasteiger charge is 2.27. The first-order valence-corrected chi connectivity index (χ1v) is 28.8. The van der Waals surface area contributed by atoms with Gasteiger partial charge < -0.3 is 24.6 Å². The minimum Gasteiger partial charge on any atom is -0.457 e. The third-order valence-corrected chi connectivity index (χ3v) is 13.1. The molecule has 0 aromatic heterocycles. The number of aliphatic hydroxyl groups is 2. The maximum atomic E-state index is 12.4. The fraction of sp³-hybridized carbons (Fsp3) is 0.889. The Morgan fingerprint density at radius 1 is 0.400 bits per heavy atom. The summed E-state index contributed by atoms with van der Waals surface area (Å²) in [6, 6.07) is 0. The van der Waals surface area contributed by atoms with Crippen molar-refractivity contribution in [2.75, 3.05) is 26.4 Å². The maximum Gasteiger partial charge on any atom is 0.472 e. The first-order valence-electron chi connectivity index (χ1n) is 27.3. The molecule has 3 N–H and O–H groups in total. The average molecular weight is 943 g/mol. The molecule has 0 aliphatic heterocycles. The topological polar surface area (TPSA) is 149 Å². The first kappa shape index (κ1) is 63.5. The van der Waals surface area contributed by atoms with Crippen LogP contribution in [0.3, 0.4) is 0 Å².